The lowest BCUT2D eigenvalue weighted by Crippen LogP contribution is -2.56. The Morgan fingerprint density at radius 1 is 1.59 bits per heavy atom. The maximum absolute atomic E-state index is 11.8. The molecule has 0 bridgehead atoms. The number of pyridine rings is 1. The molecule has 1 aromatic heterocycles. The SMILES string of the molecule is Cc1cc(NC(=O)C2CNC(=O)CN2)ccn1. The fraction of sp³-hybridized carbons (Fsp3) is 0.364. The van der Waals surface area contributed by atoms with Crippen molar-refractivity contribution in [3.8, 4) is 0 Å². The number of anilines is 1. The summed E-state index contributed by atoms with van der Waals surface area (Å²) in [7, 11) is 0. The number of carbonyl (C=O) groups is 2. The van der Waals surface area contributed by atoms with Crippen molar-refractivity contribution in [2.75, 3.05) is 18.4 Å². The quantitative estimate of drug-likeness (QED) is 0.639. The topological polar surface area (TPSA) is 83.1 Å². The summed E-state index contributed by atoms with van der Waals surface area (Å²) >= 11 is 0. The first-order valence-electron chi connectivity index (χ1n) is 5.39. The van der Waals surface area contributed by atoms with E-state index >= 15 is 0 Å². The first-order chi connectivity index (χ1) is 8.15. The van der Waals surface area contributed by atoms with Gasteiger partial charge in [0.15, 0.2) is 0 Å². The van der Waals surface area contributed by atoms with E-state index in [0.717, 1.165) is 5.69 Å². The Kier molecular flexibility index (Phi) is 3.34. The molecule has 90 valence electrons. The molecule has 1 unspecified atom stereocenters. The van der Waals surface area contributed by atoms with Gasteiger partial charge in [0.1, 0.15) is 6.04 Å². The molecule has 0 spiro atoms. The van der Waals surface area contributed by atoms with Gasteiger partial charge in [-0.3, -0.25) is 19.9 Å². The highest BCUT2D eigenvalue weighted by atomic mass is 16.2. The average molecular weight is 234 g/mol. The molecule has 0 saturated carbocycles. The summed E-state index contributed by atoms with van der Waals surface area (Å²) in [6, 6.07) is 3.13. The van der Waals surface area contributed by atoms with E-state index in [1.54, 1.807) is 18.3 Å². The fourth-order valence-electron chi connectivity index (χ4n) is 1.60. The summed E-state index contributed by atoms with van der Waals surface area (Å²) in [5.41, 5.74) is 1.55. The number of carbonyl (C=O) groups excluding carboxylic acids is 2. The van der Waals surface area contributed by atoms with Crippen LogP contribution in [0.2, 0.25) is 0 Å². The maximum atomic E-state index is 11.8. The lowest BCUT2D eigenvalue weighted by atomic mass is 10.2. The summed E-state index contributed by atoms with van der Waals surface area (Å²) in [5, 5.41) is 8.27. The Hall–Kier alpha value is -1.95. The van der Waals surface area contributed by atoms with Crippen molar-refractivity contribution in [3.63, 3.8) is 0 Å². The van der Waals surface area contributed by atoms with E-state index in [9.17, 15) is 9.59 Å². The number of aromatic nitrogens is 1. The molecule has 1 saturated heterocycles. The molecule has 1 aliphatic heterocycles. The molecule has 6 nitrogen and oxygen atoms in total. The van der Waals surface area contributed by atoms with Crippen molar-refractivity contribution in [2.45, 2.75) is 13.0 Å². The van der Waals surface area contributed by atoms with Gasteiger partial charge < -0.3 is 10.6 Å². The minimum Gasteiger partial charge on any atom is -0.353 e. The summed E-state index contributed by atoms with van der Waals surface area (Å²) in [6.45, 7) is 2.34. The number of aryl methyl sites for hydroxylation is 1. The molecule has 2 rings (SSSR count). The summed E-state index contributed by atoms with van der Waals surface area (Å²) < 4.78 is 0. The van der Waals surface area contributed by atoms with Crippen molar-refractivity contribution in [3.05, 3.63) is 24.0 Å². The molecule has 0 aromatic carbocycles. The fourth-order valence-corrected chi connectivity index (χ4v) is 1.60. The standard InChI is InChI=1S/C11H14N4O2/c1-7-4-8(2-3-12-7)15-11(17)9-5-14-10(16)6-13-9/h2-4,9,13H,5-6H2,1H3,(H,14,16)(H,12,15,17). The van der Waals surface area contributed by atoms with Gasteiger partial charge in [0.2, 0.25) is 11.8 Å². The zero-order valence-corrected chi connectivity index (χ0v) is 9.49. The predicted molar refractivity (Wildman–Crippen MR) is 62.4 cm³/mol. The van der Waals surface area contributed by atoms with Crippen molar-refractivity contribution < 1.29 is 9.59 Å². The highest BCUT2D eigenvalue weighted by molar-refractivity contribution is 5.96. The number of hydrogen-bond donors (Lipinski definition) is 3. The Morgan fingerprint density at radius 2 is 2.41 bits per heavy atom. The average Bonchev–Trinajstić information content (AvgIpc) is 2.29. The molecule has 2 amide bonds. The van der Waals surface area contributed by atoms with E-state index in [1.165, 1.54) is 0 Å². The predicted octanol–water partition coefficient (Wildman–Crippen LogP) is -0.583. The maximum Gasteiger partial charge on any atom is 0.243 e. The van der Waals surface area contributed by atoms with E-state index in [4.69, 9.17) is 0 Å². The molecule has 3 N–H and O–H groups in total. The third-order valence-corrected chi connectivity index (χ3v) is 2.49. The smallest absolute Gasteiger partial charge is 0.243 e. The number of rotatable bonds is 2. The van der Waals surface area contributed by atoms with E-state index in [0.29, 0.717) is 12.2 Å². The summed E-state index contributed by atoms with van der Waals surface area (Å²) in [4.78, 5) is 26.8. The van der Waals surface area contributed by atoms with Crippen LogP contribution in [0.15, 0.2) is 18.3 Å². The molecule has 1 aliphatic rings. The molecule has 1 fully saturated rings. The number of hydrogen-bond acceptors (Lipinski definition) is 4. The van der Waals surface area contributed by atoms with E-state index < -0.39 is 0 Å². The Bertz CT molecular complexity index is 437. The minimum atomic E-state index is -0.388. The van der Waals surface area contributed by atoms with Crippen molar-refractivity contribution in [1.82, 2.24) is 15.6 Å². The summed E-state index contributed by atoms with van der Waals surface area (Å²) in [5.74, 6) is -0.246. The summed E-state index contributed by atoms with van der Waals surface area (Å²) in [6.07, 6.45) is 1.64. The van der Waals surface area contributed by atoms with Gasteiger partial charge in [-0.05, 0) is 19.1 Å². The number of amides is 2. The molecule has 1 atom stereocenters. The van der Waals surface area contributed by atoms with Gasteiger partial charge >= 0.3 is 0 Å². The molecule has 0 radical (unpaired) electrons. The van der Waals surface area contributed by atoms with E-state index in [-0.39, 0.29) is 24.4 Å². The van der Waals surface area contributed by atoms with Crippen LogP contribution in [0.5, 0.6) is 0 Å². The van der Waals surface area contributed by atoms with Crippen LogP contribution in [0.4, 0.5) is 5.69 Å². The molecular weight excluding hydrogens is 220 g/mol. The van der Waals surface area contributed by atoms with E-state index in [1.807, 2.05) is 6.92 Å². The molecule has 2 heterocycles. The Balaban J connectivity index is 1.95. The van der Waals surface area contributed by atoms with Crippen LogP contribution in [0.3, 0.4) is 0 Å². The molecular formula is C11H14N4O2. The number of piperazine rings is 1. The third-order valence-electron chi connectivity index (χ3n) is 2.49. The highest BCUT2D eigenvalue weighted by Gasteiger charge is 2.23. The van der Waals surface area contributed by atoms with Gasteiger partial charge in [-0.1, -0.05) is 0 Å². The lowest BCUT2D eigenvalue weighted by molar-refractivity contribution is -0.124. The second kappa shape index (κ2) is 4.92. The lowest BCUT2D eigenvalue weighted by Gasteiger charge is -2.23. The number of nitrogens with one attached hydrogen (secondary N) is 3. The van der Waals surface area contributed by atoms with Gasteiger partial charge in [-0.15, -0.1) is 0 Å². The number of nitrogens with zero attached hydrogens (tertiary/aromatic N) is 1. The monoisotopic (exact) mass is 234 g/mol. The second-order valence-electron chi connectivity index (χ2n) is 3.91. The Labute approximate surface area is 98.8 Å². The van der Waals surface area contributed by atoms with Gasteiger partial charge in [0.25, 0.3) is 0 Å². The van der Waals surface area contributed by atoms with Crippen molar-refractivity contribution in [2.24, 2.45) is 0 Å². The van der Waals surface area contributed by atoms with Crippen LogP contribution in [-0.4, -0.2) is 35.9 Å². The molecule has 0 aliphatic carbocycles. The van der Waals surface area contributed by atoms with Gasteiger partial charge in [-0.2, -0.15) is 0 Å². The van der Waals surface area contributed by atoms with Crippen LogP contribution in [0.1, 0.15) is 5.69 Å². The first kappa shape index (κ1) is 11.5. The molecule has 17 heavy (non-hydrogen) atoms. The second-order valence-corrected chi connectivity index (χ2v) is 3.91. The first-order valence-corrected chi connectivity index (χ1v) is 5.39. The van der Waals surface area contributed by atoms with Crippen molar-refractivity contribution in [1.29, 1.82) is 0 Å². The highest BCUT2D eigenvalue weighted by Crippen LogP contribution is 2.07. The van der Waals surface area contributed by atoms with Gasteiger partial charge in [-0.25, -0.2) is 0 Å². The largest absolute Gasteiger partial charge is 0.353 e. The van der Waals surface area contributed by atoms with Crippen LogP contribution < -0.4 is 16.0 Å². The van der Waals surface area contributed by atoms with Crippen LogP contribution in [0, 0.1) is 6.92 Å². The third kappa shape index (κ3) is 3.01. The van der Waals surface area contributed by atoms with Crippen LogP contribution in [0.25, 0.3) is 0 Å². The zero-order valence-electron chi connectivity index (χ0n) is 9.49. The molecule has 6 heteroatoms. The van der Waals surface area contributed by atoms with Gasteiger partial charge in [0.05, 0.1) is 6.54 Å². The normalized spacial score (nSPS) is 19.6. The zero-order chi connectivity index (χ0) is 12.3. The van der Waals surface area contributed by atoms with Crippen LogP contribution in [-0.2, 0) is 9.59 Å². The Morgan fingerprint density at radius 3 is 3.06 bits per heavy atom. The van der Waals surface area contributed by atoms with Gasteiger partial charge in [0, 0.05) is 24.1 Å². The van der Waals surface area contributed by atoms with Crippen molar-refractivity contribution >= 4 is 17.5 Å². The minimum absolute atomic E-state index is 0.0891. The molecule has 1 aromatic rings. The van der Waals surface area contributed by atoms with E-state index in [2.05, 4.69) is 20.9 Å². The van der Waals surface area contributed by atoms with Crippen LogP contribution >= 0.6 is 0 Å².